The second-order valence-corrected chi connectivity index (χ2v) is 5.36. The number of nitrogens with one attached hydrogen (secondary N) is 2. The number of rotatable bonds is 4. The van der Waals surface area contributed by atoms with Crippen molar-refractivity contribution in [3.05, 3.63) is 11.4 Å². The maximum Gasteiger partial charge on any atom is 0.323 e. The molecule has 1 unspecified atom stereocenters. The van der Waals surface area contributed by atoms with Crippen molar-refractivity contribution < 1.29 is 14.3 Å². The molecule has 2 rings (SSSR count). The summed E-state index contributed by atoms with van der Waals surface area (Å²) in [6.07, 6.45) is 2.71. The Bertz CT molecular complexity index is 507. The van der Waals surface area contributed by atoms with E-state index in [1.165, 1.54) is 7.11 Å². The maximum absolute atomic E-state index is 12.2. The molecule has 1 aliphatic heterocycles. The number of ether oxygens (including phenoxy) is 1. The van der Waals surface area contributed by atoms with Crippen molar-refractivity contribution in [2.75, 3.05) is 25.5 Å². The predicted molar refractivity (Wildman–Crippen MR) is 77.9 cm³/mol. The van der Waals surface area contributed by atoms with Crippen molar-refractivity contribution in [2.24, 2.45) is 0 Å². The number of aromatic nitrogens is 2. The van der Waals surface area contributed by atoms with Crippen molar-refractivity contribution in [1.29, 1.82) is 0 Å². The second-order valence-electron chi connectivity index (χ2n) is 5.36. The Hall–Kier alpha value is -1.89. The molecule has 1 aromatic heterocycles. The first kappa shape index (κ1) is 15.5. The molecule has 1 amide bonds. The van der Waals surface area contributed by atoms with Gasteiger partial charge in [0.15, 0.2) is 0 Å². The number of aromatic amines is 1. The van der Waals surface area contributed by atoms with Gasteiger partial charge in [-0.25, -0.2) is 0 Å². The molecule has 7 nitrogen and oxygen atoms in total. The summed E-state index contributed by atoms with van der Waals surface area (Å²) in [4.78, 5) is 25.9. The number of aryl methyl sites for hydroxylation is 2. The monoisotopic (exact) mass is 294 g/mol. The van der Waals surface area contributed by atoms with E-state index in [1.807, 2.05) is 18.7 Å². The van der Waals surface area contributed by atoms with Crippen molar-refractivity contribution in [2.45, 2.75) is 39.2 Å². The van der Waals surface area contributed by atoms with Crippen molar-refractivity contribution in [3.8, 4) is 0 Å². The highest BCUT2D eigenvalue weighted by molar-refractivity contribution is 5.93. The van der Waals surface area contributed by atoms with Gasteiger partial charge in [-0.2, -0.15) is 5.10 Å². The van der Waals surface area contributed by atoms with E-state index < -0.39 is 0 Å². The van der Waals surface area contributed by atoms with E-state index in [0.29, 0.717) is 5.69 Å². The van der Waals surface area contributed by atoms with Gasteiger partial charge in [-0.05, 0) is 33.2 Å². The standard InChI is InChI=1S/C14H22N4O3/c1-9-13(10(2)17-16-9)15-12(19)8-18-7-5-4-6-11(18)14(20)21-3/h11H,4-8H2,1-3H3,(H,15,19)(H,16,17). The lowest BCUT2D eigenvalue weighted by atomic mass is 10.0. The van der Waals surface area contributed by atoms with Crippen molar-refractivity contribution >= 4 is 17.6 Å². The third-order valence-corrected chi connectivity index (χ3v) is 3.83. The van der Waals surface area contributed by atoms with Crippen LogP contribution in [0.3, 0.4) is 0 Å². The molecule has 21 heavy (non-hydrogen) atoms. The Morgan fingerprint density at radius 1 is 1.43 bits per heavy atom. The van der Waals surface area contributed by atoms with Gasteiger partial charge >= 0.3 is 5.97 Å². The van der Waals surface area contributed by atoms with Gasteiger partial charge in [-0.15, -0.1) is 0 Å². The zero-order chi connectivity index (χ0) is 15.4. The van der Waals surface area contributed by atoms with Gasteiger partial charge in [-0.3, -0.25) is 19.6 Å². The number of amides is 1. The fraction of sp³-hybridized carbons (Fsp3) is 0.643. The molecule has 0 spiro atoms. The van der Waals surface area contributed by atoms with E-state index in [9.17, 15) is 9.59 Å². The summed E-state index contributed by atoms with van der Waals surface area (Å²) < 4.78 is 4.82. The normalized spacial score (nSPS) is 19.3. The molecular formula is C14H22N4O3. The topological polar surface area (TPSA) is 87.3 Å². The van der Waals surface area contributed by atoms with Gasteiger partial charge < -0.3 is 10.1 Å². The Labute approximate surface area is 124 Å². The fourth-order valence-electron chi connectivity index (χ4n) is 2.68. The van der Waals surface area contributed by atoms with Crippen LogP contribution in [0.1, 0.15) is 30.7 Å². The third-order valence-electron chi connectivity index (χ3n) is 3.83. The first-order valence-electron chi connectivity index (χ1n) is 7.16. The number of nitrogens with zero attached hydrogens (tertiary/aromatic N) is 2. The minimum Gasteiger partial charge on any atom is -0.468 e. The third kappa shape index (κ3) is 3.60. The van der Waals surface area contributed by atoms with Gasteiger partial charge in [0.05, 0.1) is 30.7 Å². The molecule has 0 radical (unpaired) electrons. The minimum atomic E-state index is -0.318. The van der Waals surface area contributed by atoms with E-state index in [0.717, 1.165) is 37.2 Å². The number of hydrogen-bond acceptors (Lipinski definition) is 5. The van der Waals surface area contributed by atoms with E-state index >= 15 is 0 Å². The molecule has 7 heteroatoms. The Morgan fingerprint density at radius 3 is 2.81 bits per heavy atom. The van der Waals surface area contributed by atoms with Gasteiger partial charge in [-0.1, -0.05) is 6.42 Å². The minimum absolute atomic E-state index is 0.140. The van der Waals surface area contributed by atoms with E-state index in [1.54, 1.807) is 0 Å². The highest BCUT2D eigenvalue weighted by atomic mass is 16.5. The van der Waals surface area contributed by atoms with E-state index in [4.69, 9.17) is 4.74 Å². The molecule has 1 aromatic rings. The number of carbonyl (C=O) groups is 2. The summed E-state index contributed by atoms with van der Waals surface area (Å²) in [6, 6.07) is -0.318. The molecule has 0 aromatic carbocycles. The van der Waals surface area contributed by atoms with Crippen LogP contribution >= 0.6 is 0 Å². The highest BCUT2D eigenvalue weighted by Gasteiger charge is 2.30. The largest absolute Gasteiger partial charge is 0.468 e. The van der Waals surface area contributed by atoms with Crippen LogP contribution in [0.25, 0.3) is 0 Å². The molecule has 0 aliphatic carbocycles. The lowest BCUT2D eigenvalue weighted by molar-refractivity contribution is -0.148. The molecule has 1 aliphatic rings. The number of piperidine rings is 1. The first-order chi connectivity index (χ1) is 10.0. The number of esters is 1. The Balaban J connectivity index is 1.99. The number of methoxy groups -OCH3 is 1. The molecule has 1 saturated heterocycles. The lowest BCUT2D eigenvalue weighted by Gasteiger charge is -2.32. The van der Waals surface area contributed by atoms with Gasteiger partial charge in [0.25, 0.3) is 0 Å². The van der Waals surface area contributed by atoms with Crippen LogP contribution < -0.4 is 5.32 Å². The molecule has 116 valence electrons. The molecule has 0 saturated carbocycles. The first-order valence-corrected chi connectivity index (χ1v) is 7.16. The van der Waals surface area contributed by atoms with Crippen LogP contribution in [0.15, 0.2) is 0 Å². The van der Waals surface area contributed by atoms with Crippen LogP contribution in [0, 0.1) is 13.8 Å². The number of likely N-dealkylation sites (tertiary alicyclic amines) is 1. The average molecular weight is 294 g/mol. The summed E-state index contributed by atoms with van der Waals surface area (Å²) in [5.41, 5.74) is 2.29. The van der Waals surface area contributed by atoms with Crippen LogP contribution in [-0.4, -0.2) is 53.2 Å². The summed E-state index contributed by atoms with van der Waals surface area (Å²) in [6.45, 7) is 4.60. The smallest absolute Gasteiger partial charge is 0.323 e. The summed E-state index contributed by atoms with van der Waals surface area (Å²) in [5, 5.41) is 9.73. The fourth-order valence-corrected chi connectivity index (χ4v) is 2.68. The number of carbonyl (C=O) groups excluding carboxylic acids is 2. The second kappa shape index (κ2) is 6.71. The zero-order valence-corrected chi connectivity index (χ0v) is 12.7. The summed E-state index contributed by atoms with van der Waals surface area (Å²) in [7, 11) is 1.38. The van der Waals surface area contributed by atoms with Crippen LogP contribution in [0.4, 0.5) is 5.69 Å². The van der Waals surface area contributed by atoms with Crippen LogP contribution in [0.2, 0.25) is 0 Å². The van der Waals surface area contributed by atoms with Gasteiger partial charge in [0.1, 0.15) is 6.04 Å². The number of H-pyrrole nitrogens is 1. The lowest BCUT2D eigenvalue weighted by Crippen LogP contribution is -2.48. The van der Waals surface area contributed by atoms with Gasteiger partial charge in [0.2, 0.25) is 5.91 Å². The van der Waals surface area contributed by atoms with E-state index in [2.05, 4.69) is 15.5 Å². The van der Waals surface area contributed by atoms with Crippen molar-refractivity contribution in [1.82, 2.24) is 15.1 Å². The Kier molecular flexibility index (Phi) is 4.95. The highest BCUT2D eigenvalue weighted by Crippen LogP contribution is 2.19. The van der Waals surface area contributed by atoms with Gasteiger partial charge in [0, 0.05) is 0 Å². The SMILES string of the molecule is COC(=O)C1CCCCN1CC(=O)Nc1c(C)n[nH]c1C. The van der Waals surface area contributed by atoms with Crippen LogP contribution in [-0.2, 0) is 14.3 Å². The van der Waals surface area contributed by atoms with Crippen LogP contribution in [0.5, 0.6) is 0 Å². The quantitative estimate of drug-likeness (QED) is 0.809. The molecule has 1 atom stereocenters. The molecular weight excluding hydrogens is 272 g/mol. The Morgan fingerprint density at radius 2 is 2.19 bits per heavy atom. The molecule has 1 fully saturated rings. The number of anilines is 1. The molecule has 2 N–H and O–H groups in total. The number of hydrogen-bond donors (Lipinski definition) is 2. The maximum atomic E-state index is 12.2. The van der Waals surface area contributed by atoms with Crippen molar-refractivity contribution in [3.63, 3.8) is 0 Å². The van der Waals surface area contributed by atoms with E-state index in [-0.39, 0.29) is 24.5 Å². The summed E-state index contributed by atoms with van der Waals surface area (Å²) >= 11 is 0. The average Bonchev–Trinajstić information content (AvgIpc) is 2.79. The zero-order valence-electron chi connectivity index (χ0n) is 12.7. The molecule has 0 bridgehead atoms. The molecule has 2 heterocycles. The predicted octanol–water partition coefficient (Wildman–Crippen LogP) is 0.993. The summed E-state index contributed by atoms with van der Waals surface area (Å²) in [5.74, 6) is -0.406.